The van der Waals surface area contributed by atoms with Crippen molar-refractivity contribution in [1.82, 2.24) is 0 Å². The van der Waals surface area contributed by atoms with Crippen LogP contribution in [0.4, 0.5) is 26.2 Å². The largest absolute Gasteiger partial charge is 0.465 e. The van der Waals surface area contributed by atoms with Crippen LogP contribution in [0.15, 0.2) is 66.7 Å². The average molecular weight is 379 g/mol. The van der Waals surface area contributed by atoms with Crippen LogP contribution in [0.1, 0.15) is 5.56 Å². The lowest BCUT2D eigenvalue weighted by atomic mass is 10.00. The number of carbonyl (C=O) groups is 1. The van der Waals surface area contributed by atoms with E-state index >= 15 is 0 Å². The molecule has 0 heterocycles. The minimum atomic E-state index is -1.11. The first-order valence-corrected chi connectivity index (χ1v) is 8.82. The van der Waals surface area contributed by atoms with Gasteiger partial charge in [0.15, 0.2) is 0 Å². The van der Waals surface area contributed by atoms with Crippen LogP contribution in [0, 0.1) is 5.82 Å². The molecule has 0 unspecified atom stereocenters. The quantitative estimate of drug-likeness (QED) is 0.547. The van der Waals surface area contributed by atoms with Crippen molar-refractivity contribution >= 4 is 23.2 Å². The summed E-state index contributed by atoms with van der Waals surface area (Å²) in [5.41, 5.74) is 4.89. The van der Waals surface area contributed by atoms with E-state index in [-0.39, 0.29) is 5.82 Å². The molecule has 144 valence electrons. The molecule has 1 amide bonds. The Morgan fingerprint density at radius 2 is 1.79 bits per heavy atom. The molecule has 3 rings (SSSR count). The van der Waals surface area contributed by atoms with Gasteiger partial charge in [0.2, 0.25) is 0 Å². The molecule has 0 aliphatic carbocycles. The van der Waals surface area contributed by atoms with E-state index in [0.717, 1.165) is 22.4 Å². The summed E-state index contributed by atoms with van der Waals surface area (Å²) < 4.78 is 13.3. The highest BCUT2D eigenvalue weighted by Crippen LogP contribution is 2.31. The van der Waals surface area contributed by atoms with Crippen LogP contribution >= 0.6 is 0 Å². The van der Waals surface area contributed by atoms with Crippen LogP contribution in [-0.2, 0) is 6.54 Å². The van der Waals surface area contributed by atoms with Crippen molar-refractivity contribution in [2.24, 2.45) is 0 Å². The van der Waals surface area contributed by atoms with Gasteiger partial charge in [0.1, 0.15) is 5.82 Å². The van der Waals surface area contributed by atoms with Gasteiger partial charge in [-0.15, -0.1) is 0 Å². The van der Waals surface area contributed by atoms with Gasteiger partial charge in [0.25, 0.3) is 0 Å². The molecular formula is C22H22FN3O2. The second-order valence-electron chi connectivity index (χ2n) is 6.62. The van der Waals surface area contributed by atoms with E-state index in [1.54, 1.807) is 18.2 Å². The van der Waals surface area contributed by atoms with Crippen molar-refractivity contribution in [3.8, 4) is 11.1 Å². The van der Waals surface area contributed by atoms with E-state index in [0.29, 0.717) is 17.9 Å². The number of carboxylic acid groups (broad SMARTS) is 1. The smallest absolute Gasteiger partial charge is 0.409 e. The lowest BCUT2D eigenvalue weighted by molar-refractivity contribution is 0.210. The highest BCUT2D eigenvalue weighted by Gasteiger charge is 2.10. The number of nitrogens with one attached hydrogen (secondary N) is 2. The molecule has 28 heavy (non-hydrogen) atoms. The lowest BCUT2D eigenvalue weighted by Gasteiger charge is -2.15. The first kappa shape index (κ1) is 19.2. The fraction of sp³-hybridized carbons (Fsp3) is 0.136. The second kappa shape index (κ2) is 8.43. The number of hydrogen-bond acceptors (Lipinski definition) is 3. The summed E-state index contributed by atoms with van der Waals surface area (Å²) in [6.45, 7) is 0.486. The van der Waals surface area contributed by atoms with Crippen LogP contribution in [0.2, 0.25) is 0 Å². The van der Waals surface area contributed by atoms with Crippen LogP contribution in [0.25, 0.3) is 11.1 Å². The van der Waals surface area contributed by atoms with Gasteiger partial charge in [-0.25, -0.2) is 9.18 Å². The summed E-state index contributed by atoms with van der Waals surface area (Å²) in [5.74, 6) is -0.298. The number of rotatable bonds is 6. The number of nitrogens with zero attached hydrogens (tertiary/aromatic N) is 1. The van der Waals surface area contributed by atoms with Gasteiger partial charge < -0.3 is 15.3 Å². The van der Waals surface area contributed by atoms with Gasteiger partial charge in [-0.05, 0) is 53.6 Å². The molecule has 5 nitrogen and oxygen atoms in total. The van der Waals surface area contributed by atoms with Crippen molar-refractivity contribution in [2.75, 3.05) is 29.6 Å². The summed E-state index contributed by atoms with van der Waals surface area (Å²) in [5, 5.41) is 14.8. The molecule has 0 fully saturated rings. The minimum absolute atomic E-state index is 0.298. The van der Waals surface area contributed by atoms with Crippen molar-refractivity contribution in [3.05, 3.63) is 78.1 Å². The van der Waals surface area contributed by atoms with Crippen LogP contribution in [0.5, 0.6) is 0 Å². The molecule has 0 saturated carbocycles. The molecule has 0 atom stereocenters. The number of hydrogen-bond donors (Lipinski definition) is 3. The Balaban J connectivity index is 1.89. The SMILES string of the molecule is CN(C)c1ccc(-c2cc(CNc3cccc(F)c3)ccc2NC(=O)O)cc1. The van der Waals surface area contributed by atoms with Crippen LogP contribution < -0.4 is 15.5 Å². The van der Waals surface area contributed by atoms with Crippen LogP contribution in [0.3, 0.4) is 0 Å². The molecule has 6 heteroatoms. The first-order valence-electron chi connectivity index (χ1n) is 8.82. The van der Waals surface area contributed by atoms with Crippen molar-refractivity contribution in [1.29, 1.82) is 0 Å². The minimum Gasteiger partial charge on any atom is -0.465 e. The van der Waals surface area contributed by atoms with E-state index in [9.17, 15) is 9.18 Å². The fourth-order valence-corrected chi connectivity index (χ4v) is 2.91. The molecule has 0 aliphatic heterocycles. The Morgan fingerprint density at radius 1 is 1.04 bits per heavy atom. The molecule has 0 aromatic heterocycles. The predicted octanol–water partition coefficient (Wildman–Crippen LogP) is 5.26. The standard InChI is InChI=1S/C22H22FN3O2/c1-26(2)19-9-7-16(8-10-19)20-12-15(6-11-21(20)25-22(27)28)14-24-18-5-3-4-17(23)13-18/h3-13,24-25H,14H2,1-2H3,(H,27,28). The highest BCUT2D eigenvalue weighted by molar-refractivity contribution is 5.91. The maximum atomic E-state index is 13.3. The lowest BCUT2D eigenvalue weighted by Crippen LogP contribution is -2.09. The third kappa shape index (κ3) is 4.79. The van der Waals surface area contributed by atoms with Crippen molar-refractivity contribution in [2.45, 2.75) is 6.54 Å². The molecule has 0 spiro atoms. The summed E-state index contributed by atoms with van der Waals surface area (Å²) in [6.07, 6.45) is -1.11. The number of amides is 1. The molecule has 0 saturated heterocycles. The maximum Gasteiger partial charge on any atom is 0.409 e. The predicted molar refractivity (Wildman–Crippen MR) is 112 cm³/mol. The Labute approximate surface area is 163 Å². The molecule has 0 radical (unpaired) electrons. The highest BCUT2D eigenvalue weighted by atomic mass is 19.1. The first-order chi connectivity index (χ1) is 13.4. The van der Waals surface area contributed by atoms with Gasteiger partial charge in [0.05, 0.1) is 5.69 Å². The summed E-state index contributed by atoms with van der Waals surface area (Å²) >= 11 is 0. The Bertz CT molecular complexity index is 972. The van der Waals surface area contributed by atoms with Gasteiger partial charge in [-0.3, -0.25) is 5.32 Å². The molecule has 0 aliphatic rings. The average Bonchev–Trinajstić information content (AvgIpc) is 2.67. The summed E-state index contributed by atoms with van der Waals surface area (Å²) in [7, 11) is 3.93. The number of anilines is 3. The fourth-order valence-electron chi connectivity index (χ4n) is 2.91. The molecule has 3 aromatic carbocycles. The number of benzene rings is 3. The van der Waals surface area contributed by atoms with Gasteiger partial charge >= 0.3 is 6.09 Å². The monoisotopic (exact) mass is 379 g/mol. The Hall–Kier alpha value is -3.54. The van der Waals surface area contributed by atoms with Gasteiger partial charge in [0, 0.05) is 37.6 Å². The maximum absolute atomic E-state index is 13.3. The third-order valence-corrected chi connectivity index (χ3v) is 4.34. The molecular weight excluding hydrogens is 357 g/mol. The Kier molecular flexibility index (Phi) is 5.79. The zero-order valence-corrected chi connectivity index (χ0v) is 15.7. The molecule has 0 bridgehead atoms. The molecule has 3 N–H and O–H groups in total. The Morgan fingerprint density at radius 3 is 2.43 bits per heavy atom. The van der Waals surface area contributed by atoms with Crippen LogP contribution in [-0.4, -0.2) is 25.3 Å². The van der Waals surface area contributed by atoms with Crippen molar-refractivity contribution in [3.63, 3.8) is 0 Å². The third-order valence-electron chi connectivity index (χ3n) is 4.34. The summed E-state index contributed by atoms with van der Waals surface area (Å²) in [6, 6.07) is 19.7. The molecule has 3 aromatic rings. The van der Waals surface area contributed by atoms with E-state index in [2.05, 4.69) is 10.6 Å². The van der Waals surface area contributed by atoms with Crippen molar-refractivity contribution < 1.29 is 14.3 Å². The zero-order chi connectivity index (χ0) is 20.1. The van der Waals surface area contributed by atoms with Gasteiger partial charge in [-0.2, -0.15) is 0 Å². The van der Waals surface area contributed by atoms with E-state index in [1.807, 2.05) is 55.4 Å². The topological polar surface area (TPSA) is 64.6 Å². The zero-order valence-electron chi connectivity index (χ0n) is 15.7. The van der Waals surface area contributed by atoms with Gasteiger partial charge in [-0.1, -0.05) is 24.3 Å². The second-order valence-corrected chi connectivity index (χ2v) is 6.62. The van der Waals surface area contributed by atoms with E-state index in [4.69, 9.17) is 5.11 Å². The normalized spacial score (nSPS) is 10.4. The summed E-state index contributed by atoms with van der Waals surface area (Å²) in [4.78, 5) is 13.2. The number of halogens is 1. The van der Waals surface area contributed by atoms with E-state index in [1.165, 1.54) is 12.1 Å². The van der Waals surface area contributed by atoms with E-state index < -0.39 is 6.09 Å².